The Kier molecular flexibility index (Phi) is 5.76. The van der Waals surface area contributed by atoms with Gasteiger partial charge in [0.05, 0.1) is 0 Å². The monoisotopic (exact) mass is 289 g/mol. The fourth-order valence-electron chi connectivity index (χ4n) is 2.98. The Hall–Kier alpha value is -1.39. The van der Waals surface area contributed by atoms with Crippen molar-refractivity contribution < 1.29 is 4.79 Å². The van der Waals surface area contributed by atoms with E-state index in [9.17, 15) is 4.79 Å². The third kappa shape index (κ3) is 5.14. The van der Waals surface area contributed by atoms with Crippen LogP contribution in [-0.2, 0) is 11.3 Å². The Morgan fingerprint density at radius 2 is 2.10 bits per heavy atom. The summed E-state index contributed by atoms with van der Waals surface area (Å²) in [5, 5.41) is 3.09. The van der Waals surface area contributed by atoms with Gasteiger partial charge >= 0.3 is 0 Å². The maximum atomic E-state index is 11.8. The van der Waals surface area contributed by atoms with Gasteiger partial charge < -0.3 is 11.1 Å². The molecule has 1 heterocycles. The summed E-state index contributed by atoms with van der Waals surface area (Å²) in [4.78, 5) is 14.3. The zero-order valence-electron chi connectivity index (χ0n) is 13.1. The summed E-state index contributed by atoms with van der Waals surface area (Å²) in [6.45, 7) is 7.12. The molecule has 0 saturated carbocycles. The average molecular weight is 289 g/mol. The maximum Gasteiger partial charge on any atom is 0.221 e. The molecule has 0 bridgehead atoms. The van der Waals surface area contributed by atoms with E-state index in [1.54, 1.807) is 0 Å². The third-order valence-corrected chi connectivity index (χ3v) is 4.16. The highest BCUT2D eigenvalue weighted by molar-refractivity contribution is 5.76. The first-order valence-corrected chi connectivity index (χ1v) is 7.86. The molecule has 3 unspecified atom stereocenters. The SMILES string of the molecule is CC(N)CC(=O)NC(C)C1CCN(Cc2ccccc2)C1. The van der Waals surface area contributed by atoms with Crippen molar-refractivity contribution in [2.45, 2.75) is 45.3 Å². The minimum atomic E-state index is -0.0737. The molecule has 3 atom stereocenters. The van der Waals surface area contributed by atoms with Crippen LogP contribution in [0.25, 0.3) is 0 Å². The highest BCUT2D eigenvalue weighted by Crippen LogP contribution is 2.21. The van der Waals surface area contributed by atoms with E-state index in [0.29, 0.717) is 12.3 Å². The van der Waals surface area contributed by atoms with Gasteiger partial charge in [-0.3, -0.25) is 9.69 Å². The number of carbonyl (C=O) groups excluding carboxylic acids is 1. The molecular formula is C17H27N3O. The van der Waals surface area contributed by atoms with Gasteiger partial charge in [0.25, 0.3) is 0 Å². The van der Waals surface area contributed by atoms with E-state index in [1.807, 2.05) is 13.0 Å². The number of nitrogens with one attached hydrogen (secondary N) is 1. The van der Waals surface area contributed by atoms with Crippen molar-refractivity contribution in [1.29, 1.82) is 0 Å². The average Bonchev–Trinajstić information content (AvgIpc) is 2.87. The van der Waals surface area contributed by atoms with Gasteiger partial charge in [0.15, 0.2) is 0 Å². The van der Waals surface area contributed by atoms with Gasteiger partial charge in [-0.25, -0.2) is 0 Å². The molecule has 4 nitrogen and oxygen atoms in total. The van der Waals surface area contributed by atoms with Gasteiger partial charge in [0.2, 0.25) is 5.91 Å². The molecule has 4 heteroatoms. The standard InChI is InChI=1S/C17H27N3O/c1-13(18)10-17(21)19-14(2)16-8-9-20(12-16)11-15-6-4-3-5-7-15/h3-7,13-14,16H,8-12,18H2,1-2H3,(H,19,21). The van der Waals surface area contributed by atoms with E-state index in [4.69, 9.17) is 5.73 Å². The highest BCUT2D eigenvalue weighted by Gasteiger charge is 2.27. The van der Waals surface area contributed by atoms with Crippen LogP contribution in [0.4, 0.5) is 0 Å². The van der Waals surface area contributed by atoms with Crippen molar-refractivity contribution >= 4 is 5.91 Å². The molecular weight excluding hydrogens is 262 g/mol. The number of nitrogens with zero attached hydrogens (tertiary/aromatic N) is 1. The molecule has 0 aromatic heterocycles. The molecule has 21 heavy (non-hydrogen) atoms. The number of benzene rings is 1. The number of nitrogens with two attached hydrogens (primary N) is 1. The lowest BCUT2D eigenvalue weighted by Gasteiger charge is -2.22. The van der Waals surface area contributed by atoms with Crippen molar-refractivity contribution in [2.24, 2.45) is 11.7 Å². The van der Waals surface area contributed by atoms with Gasteiger partial charge in [-0.2, -0.15) is 0 Å². The van der Waals surface area contributed by atoms with Gasteiger partial charge in [0.1, 0.15) is 0 Å². The summed E-state index contributed by atoms with van der Waals surface area (Å²) in [6.07, 6.45) is 1.55. The first kappa shape index (κ1) is 16.0. The number of likely N-dealkylation sites (tertiary alicyclic amines) is 1. The summed E-state index contributed by atoms with van der Waals surface area (Å²) in [6, 6.07) is 10.7. The van der Waals surface area contributed by atoms with Crippen LogP contribution in [-0.4, -0.2) is 36.0 Å². The van der Waals surface area contributed by atoms with Crippen molar-refractivity contribution in [1.82, 2.24) is 10.2 Å². The summed E-state index contributed by atoms with van der Waals surface area (Å²) >= 11 is 0. The van der Waals surface area contributed by atoms with E-state index in [0.717, 1.165) is 26.1 Å². The largest absolute Gasteiger partial charge is 0.353 e. The van der Waals surface area contributed by atoms with Crippen molar-refractivity contribution in [3.05, 3.63) is 35.9 Å². The number of amides is 1. The molecule has 1 aromatic carbocycles. The van der Waals surface area contributed by atoms with Crippen LogP contribution in [0.2, 0.25) is 0 Å². The number of carbonyl (C=O) groups is 1. The minimum Gasteiger partial charge on any atom is -0.353 e. The van der Waals surface area contributed by atoms with Crippen LogP contribution in [0, 0.1) is 5.92 Å². The van der Waals surface area contributed by atoms with E-state index in [-0.39, 0.29) is 18.0 Å². The van der Waals surface area contributed by atoms with E-state index in [1.165, 1.54) is 5.56 Å². The van der Waals surface area contributed by atoms with E-state index >= 15 is 0 Å². The second kappa shape index (κ2) is 7.57. The molecule has 1 fully saturated rings. The Morgan fingerprint density at radius 1 is 1.38 bits per heavy atom. The predicted molar refractivity (Wildman–Crippen MR) is 85.7 cm³/mol. The zero-order chi connectivity index (χ0) is 15.2. The highest BCUT2D eigenvalue weighted by atomic mass is 16.1. The maximum absolute atomic E-state index is 11.8. The molecule has 1 aliphatic heterocycles. The molecule has 1 amide bonds. The molecule has 0 radical (unpaired) electrons. The van der Waals surface area contributed by atoms with Gasteiger partial charge in [-0.05, 0) is 38.3 Å². The van der Waals surface area contributed by atoms with Crippen molar-refractivity contribution in [3.63, 3.8) is 0 Å². The fraction of sp³-hybridized carbons (Fsp3) is 0.588. The smallest absolute Gasteiger partial charge is 0.221 e. The molecule has 1 aliphatic rings. The Bertz CT molecular complexity index is 447. The van der Waals surface area contributed by atoms with Crippen LogP contribution in [0.5, 0.6) is 0 Å². The van der Waals surface area contributed by atoms with Crippen LogP contribution in [0.1, 0.15) is 32.3 Å². The second-order valence-electron chi connectivity index (χ2n) is 6.31. The van der Waals surface area contributed by atoms with Crippen molar-refractivity contribution in [2.75, 3.05) is 13.1 Å². The van der Waals surface area contributed by atoms with Crippen LogP contribution >= 0.6 is 0 Å². The predicted octanol–water partition coefficient (Wildman–Crippen LogP) is 1.75. The summed E-state index contributed by atoms with van der Waals surface area (Å²) in [5.74, 6) is 0.602. The zero-order valence-corrected chi connectivity index (χ0v) is 13.1. The lowest BCUT2D eigenvalue weighted by atomic mass is 10.0. The molecule has 3 N–H and O–H groups in total. The number of hydrogen-bond donors (Lipinski definition) is 2. The molecule has 0 aliphatic carbocycles. The topological polar surface area (TPSA) is 58.4 Å². The number of rotatable bonds is 6. The van der Waals surface area contributed by atoms with E-state index < -0.39 is 0 Å². The van der Waals surface area contributed by atoms with E-state index in [2.05, 4.69) is 41.4 Å². The first-order valence-electron chi connectivity index (χ1n) is 7.86. The van der Waals surface area contributed by atoms with Gasteiger partial charge in [-0.15, -0.1) is 0 Å². The second-order valence-corrected chi connectivity index (χ2v) is 6.31. The quantitative estimate of drug-likeness (QED) is 0.839. The normalized spacial score (nSPS) is 22.0. The van der Waals surface area contributed by atoms with Crippen LogP contribution in [0.15, 0.2) is 30.3 Å². The van der Waals surface area contributed by atoms with Gasteiger partial charge in [0, 0.05) is 31.6 Å². The first-order chi connectivity index (χ1) is 10.0. The molecule has 116 valence electrons. The lowest BCUT2D eigenvalue weighted by Crippen LogP contribution is -2.41. The Balaban J connectivity index is 1.77. The Labute approximate surface area is 127 Å². The summed E-state index contributed by atoms with van der Waals surface area (Å²) in [7, 11) is 0. The number of hydrogen-bond acceptors (Lipinski definition) is 3. The van der Waals surface area contributed by atoms with Crippen LogP contribution < -0.4 is 11.1 Å². The summed E-state index contributed by atoms with van der Waals surface area (Å²) < 4.78 is 0. The molecule has 2 rings (SSSR count). The van der Waals surface area contributed by atoms with Crippen molar-refractivity contribution in [3.8, 4) is 0 Å². The minimum absolute atomic E-state index is 0.0685. The molecule has 0 spiro atoms. The van der Waals surface area contributed by atoms with Crippen LogP contribution in [0.3, 0.4) is 0 Å². The third-order valence-electron chi connectivity index (χ3n) is 4.16. The lowest BCUT2D eigenvalue weighted by molar-refractivity contribution is -0.122. The Morgan fingerprint density at radius 3 is 2.76 bits per heavy atom. The van der Waals surface area contributed by atoms with Gasteiger partial charge in [-0.1, -0.05) is 30.3 Å². The fourth-order valence-corrected chi connectivity index (χ4v) is 2.98. The molecule has 1 aromatic rings. The molecule has 1 saturated heterocycles. The summed E-state index contributed by atoms with van der Waals surface area (Å²) in [5.41, 5.74) is 7.01.